The smallest absolute Gasteiger partial charge is 0.251 e. The molecule has 3 aromatic rings. The number of rotatable bonds is 6. The zero-order chi connectivity index (χ0) is 17.8. The molecule has 0 unspecified atom stereocenters. The van der Waals surface area contributed by atoms with Gasteiger partial charge in [0.05, 0.1) is 24.9 Å². The lowest BCUT2D eigenvalue weighted by Gasteiger charge is -2.09. The van der Waals surface area contributed by atoms with E-state index in [1.165, 1.54) is 0 Å². The average molecular weight is 360 g/mol. The second-order valence-corrected chi connectivity index (χ2v) is 5.89. The Balaban J connectivity index is 1.63. The summed E-state index contributed by atoms with van der Waals surface area (Å²) in [5.41, 5.74) is 2.19. The van der Waals surface area contributed by atoms with Crippen LogP contribution in [0.25, 0.3) is 5.65 Å². The maximum Gasteiger partial charge on any atom is 0.251 e. The summed E-state index contributed by atoms with van der Waals surface area (Å²) < 4.78 is 12.2. The third kappa shape index (κ3) is 4.03. The molecule has 0 aliphatic carbocycles. The SMILES string of the molecule is COc1cc(OC)cc(C(=O)NCCc2cn3cc(Cl)ccc3n2)c1. The van der Waals surface area contributed by atoms with Gasteiger partial charge in [-0.3, -0.25) is 4.79 Å². The number of nitrogens with zero attached hydrogens (tertiary/aromatic N) is 2. The van der Waals surface area contributed by atoms with Gasteiger partial charge in [-0.25, -0.2) is 4.98 Å². The van der Waals surface area contributed by atoms with Crippen LogP contribution in [0, 0.1) is 0 Å². The van der Waals surface area contributed by atoms with Crippen molar-refractivity contribution in [2.75, 3.05) is 20.8 Å². The monoisotopic (exact) mass is 359 g/mol. The molecule has 0 bridgehead atoms. The number of methoxy groups -OCH3 is 2. The van der Waals surface area contributed by atoms with Crippen molar-refractivity contribution in [2.45, 2.75) is 6.42 Å². The first-order valence-corrected chi connectivity index (χ1v) is 8.11. The highest BCUT2D eigenvalue weighted by Gasteiger charge is 2.10. The van der Waals surface area contributed by atoms with Crippen molar-refractivity contribution in [3.05, 3.63) is 59.0 Å². The normalized spacial score (nSPS) is 10.7. The number of carbonyl (C=O) groups is 1. The Morgan fingerprint density at radius 1 is 1.16 bits per heavy atom. The molecule has 0 fully saturated rings. The summed E-state index contributed by atoms with van der Waals surface area (Å²) in [7, 11) is 3.10. The highest BCUT2D eigenvalue weighted by molar-refractivity contribution is 6.30. The molecule has 130 valence electrons. The van der Waals surface area contributed by atoms with Gasteiger partial charge < -0.3 is 19.2 Å². The Bertz CT molecular complexity index is 885. The Kier molecular flexibility index (Phi) is 5.09. The summed E-state index contributed by atoms with van der Waals surface area (Å²) in [6.45, 7) is 0.468. The molecule has 2 heterocycles. The van der Waals surface area contributed by atoms with Crippen molar-refractivity contribution < 1.29 is 14.3 Å². The fraction of sp³-hybridized carbons (Fsp3) is 0.222. The van der Waals surface area contributed by atoms with Gasteiger partial charge in [0.25, 0.3) is 5.91 Å². The van der Waals surface area contributed by atoms with Crippen LogP contribution in [0.2, 0.25) is 5.02 Å². The molecule has 0 radical (unpaired) electrons. The second kappa shape index (κ2) is 7.44. The highest BCUT2D eigenvalue weighted by Crippen LogP contribution is 2.22. The maximum atomic E-state index is 12.3. The molecule has 25 heavy (non-hydrogen) atoms. The molecular formula is C18H18ClN3O3. The minimum atomic E-state index is -0.191. The quantitative estimate of drug-likeness (QED) is 0.735. The van der Waals surface area contributed by atoms with E-state index in [9.17, 15) is 4.79 Å². The molecule has 6 nitrogen and oxygen atoms in total. The average Bonchev–Trinajstić information content (AvgIpc) is 3.02. The van der Waals surface area contributed by atoms with Gasteiger partial charge in [-0.05, 0) is 24.3 Å². The number of imidazole rings is 1. The number of hydrogen-bond donors (Lipinski definition) is 1. The number of carbonyl (C=O) groups excluding carboxylic acids is 1. The lowest BCUT2D eigenvalue weighted by molar-refractivity contribution is 0.0953. The van der Waals surface area contributed by atoms with E-state index in [-0.39, 0.29) is 5.91 Å². The molecule has 2 aromatic heterocycles. The number of hydrogen-bond acceptors (Lipinski definition) is 4. The Morgan fingerprint density at radius 2 is 1.88 bits per heavy atom. The van der Waals surface area contributed by atoms with Gasteiger partial charge in [0, 0.05) is 37.0 Å². The number of amides is 1. The van der Waals surface area contributed by atoms with Crippen molar-refractivity contribution in [3.8, 4) is 11.5 Å². The van der Waals surface area contributed by atoms with Crippen LogP contribution >= 0.6 is 11.6 Å². The number of nitrogens with one attached hydrogen (secondary N) is 1. The van der Waals surface area contributed by atoms with Gasteiger partial charge in [-0.15, -0.1) is 0 Å². The molecule has 1 amide bonds. The molecule has 7 heteroatoms. The van der Waals surface area contributed by atoms with Crippen LogP contribution in [0.3, 0.4) is 0 Å². The van der Waals surface area contributed by atoms with Crippen LogP contribution in [0.1, 0.15) is 16.1 Å². The van der Waals surface area contributed by atoms with Crippen molar-refractivity contribution in [1.82, 2.24) is 14.7 Å². The molecule has 0 spiro atoms. The van der Waals surface area contributed by atoms with Crippen LogP contribution in [-0.4, -0.2) is 36.1 Å². The first-order chi connectivity index (χ1) is 12.1. The van der Waals surface area contributed by atoms with E-state index in [0.717, 1.165) is 11.3 Å². The minimum Gasteiger partial charge on any atom is -0.497 e. The summed E-state index contributed by atoms with van der Waals surface area (Å²) >= 11 is 5.97. The van der Waals surface area contributed by atoms with E-state index in [4.69, 9.17) is 21.1 Å². The Hall–Kier alpha value is -2.73. The third-order valence-electron chi connectivity index (χ3n) is 3.75. The van der Waals surface area contributed by atoms with E-state index < -0.39 is 0 Å². The predicted molar refractivity (Wildman–Crippen MR) is 95.8 cm³/mol. The fourth-order valence-electron chi connectivity index (χ4n) is 2.48. The van der Waals surface area contributed by atoms with Crippen molar-refractivity contribution in [3.63, 3.8) is 0 Å². The van der Waals surface area contributed by atoms with E-state index >= 15 is 0 Å². The minimum absolute atomic E-state index is 0.191. The van der Waals surface area contributed by atoms with Crippen LogP contribution in [0.15, 0.2) is 42.7 Å². The van der Waals surface area contributed by atoms with Gasteiger partial charge in [-0.1, -0.05) is 11.6 Å². The van der Waals surface area contributed by atoms with E-state index in [2.05, 4.69) is 10.3 Å². The zero-order valence-electron chi connectivity index (χ0n) is 14.0. The lowest BCUT2D eigenvalue weighted by atomic mass is 10.2. The van der Waals surface area contributed by atoms with E-state index in [1.807, 2.05) is 16.7 Å². The number of fused-ring (bicyclic) bond motifs is 1. The summed E-state index contributed by atoms with van der Waals surface area (Å²) in [5.74, 6) is 0.951. The summed E-state index contributed by atoms with van der Waals surface area (Å²) in [4.78, 5) is 16.8. The molecule has 0 atom stereocenters. The zero-order valence-corrected chi connectivity index (χ0v) is 14.7. The first-order valence-electron chi connectivity index (χ1n) is 7.73. The number of aromatic nitrogens is 2. The second-order valence-electron chi connectivity index (χ2n) is 5.45. The molecule has 3 rings (SSSR count). The van der Waals surface area contributed by atoms with Gasteiger partial charge >= 0.3 is 0 Å². The topological polar surface area (TPSA) is 64.9 Å². The fourth-order valence-corrected chi connectivity index (χ4v) is 2.65. The number of benzene rings is 1. The van der Waals surface area contributed by atoms with E-state index in [1.54, 1.807) is 44.7 Å². The van der Waals surface area contributed by atoms with Crippen LogP contribution in [-0.2, 0) is 6.42 Å². The first kappa shape index (κ1) is 17.1. The molecular weight excluding hydrogens is 342 g/mol. The summed E-state index contributed by atoms with van der Waals surface area (Å²) in [6.07, 6.45) is 4.32. The van der Waals surface area contributed by atoms with Crippen LogP contribution in [0.5, 0.6) is 11.5 Å². The van der Waals surface area contributed by atoms with E-state index in [0.29, 0.717) is 35.1 Å². The Labute approximate surface area is 150 Å². The number of ether oxygens (including phenoxy) is 2. The van der Waals surface area contributed by atoms with Gasteiger partial charge in [0.2, 0.25) is 0 Å². The molecule has 1 aromatic carbocycles. The number of halogens is 1. The maximum absolute atomic E-state index is 12.3. The molecule has 1 N–H and O–H groups in total. The lowest BCUT2D eigenvalue weighted by Crippen LogP contribution is -2.25. The van der Waals surface area contributed by atoms with Crippen molar-refractivity contribution in [2.24, 2.45) is 0 Å². The standard InChI is InChI=1S/C18H18ClN3O3/c1-24-15-7-12(8-16(9-15)25-2)18(23)20-6-5-14-11-22-10-13(19)3-4-17(22)21-14/h3-4,7-11H,5-6H2,1-2H3,(H,20,23). The van der Waals surface area contributed by atoms with Crippen molar-refractivity contribution in [1.29, 1.82) is 0 Å². The molecule has 0 saturated carbocycles. The summed E-state index contributed by atoms with van der Waals surface area (Å²) in [5, 5.41) is 3.53. The largest absolute Gasteiger partial charge is 0.497 e. The van der Waals surface area contributed by atoms with Gasteiger partial charge in [0.1, 0.15) is 17.1 Å². The molecule has 0 aliphatic heterocycles. The highest BCUT2D eigenvalue weighted by atomic mass is 35.5. The molecule has 0 aliphatic rings. The third-order valence-corrected chi connectivity index (χ3v) is 3.97. The predicted octanol–water partition coefficient (Wildman–Crippen LogP) is 2.98. The van der Waals surface area contributed by atoms with Gasteiger partial charge in [-0.2, -0.15) is 0 Å². The number of pyridine rings is 1. The summed E-state index contributed by atoms with van der Waals surface area (Å²) in [6, 6.07) is 8.71. The molecule has 0 saturated heterocycles. The van der Waals surface area contributed by atoms with Crippen LogP contribution < -0.4 is 14.8 Å². The van der Waals surface area contributed by atoms with Gasteiger partial charge in [0.15, 0.2) is 0 Å². The van der Waals surface area contributed by atoms with Crippen molar-refractivity contribution >= 4 is 23.2 Å². The Morgan fingerprint density at radius 3 is 2.56 bits per heavy atom. The van der Waals surface area contributed by atoms with Crippen LogP contribution in [0.4, 0.5) is 0 Å².